The number of carbonyl (C=O) groups excluding carboxylic acids is 2. The molecule has 0 bridgehead atoms. The van der Waals surface area contributed by atoms with Crippen LogP contribution in [-0.2, 0) is 11.2 Å². The number of Topliss-reactive ketones (excluding diaryl/α,β-unsaturated/α-hetero) is 1. The molecule has 0 aliphatic carbocycles. The monoisotopic (exact) mass is 445 g/mol. The highest BCUT2D eigenvalue weighted by Gasteiger charge is 2.26. The third-order valence-electron chi connectivity index (χ3n) is 4.37. The average molecular weight is 446 g/mol. The van der Waals surface area contributed by atoms with Crippen LogP contribution in [0.15, 0.2) is 36.5 Å². The number of ether oxygens (including phenoxy) is 1. The summed E-state index contributed by atoms with van der Waals surface area (Å²) in [4.78, 5) is 26.1. The fourth-order valence-electron chi connectivity index (χ4n) is 3.01. The first-order chi connectivity index (χ1) is 14.0. The van der Waals surface area contributed by atoms with Crippen LogP contribution in [0.5, 0.6) is 5.75 Å². The third-order valence-corrected chi connectivity index (χ3v) is 6.52. The van der Waals surface area contributed by atoms with Gasteiger partial charge < -0.3 is 10.1 Å². The van der Waals surface area contributed by atoms with E-state index < -0.39 is 0 Å². The topological polar surface area (TPSA) is 81.2 Å². The third kappa shape index (κ3) is 4.55. The number of amides is 1. The van der Waals surface area contributed by atoms with E-state index in [1.807, 2.05) is 24.3 Å². The Hall–Kier alpha value is -2.55. The number of carbonyl (C=O) groups is 2. The first-order valence-electron chi connectivity index (χ1n) is 8.83. The van der Waals surface area contributed by atoms with Gasteiger partial charge in [0.05, 0.1) is 27.5 Å². The molecule has 0 saturated carbocycles. The van der Waals surface area contributed by atoms with E-state index >= 15 is 0 Å². The van der Waals surface area contributed by atoms with Crippen molar-refractivity contribution in [3.63, 3.8) is 0 Å². The number of fused-ring (bicyclic) bond motifs is 1. The van der Waals surface area contributed by atoms with Crippen LogP contribution in [-0.4, -0.2) is 33.9 Å². The summed E-state index contributed by atoms with van der Waals surface area (Å²) in [6, 6.07) is 7.64. The maximum Gasteiger partial charge on any atom is 0.244 e. The van der Waals surface area contributed by atoms with E-state index in [4.69, 9.17) is 16.3 Å². The van der Waals surface area contributed by atoms with Crippen LogP contribution >= 0.6 is 34.5 Å². The summed E-state index contributed by atoms with van der Waals surface area (Å²) in [5, 5.41) is 7.08. The molecule has 1 aliphatic rings. The number of thiophene rings is 1. The lowest BCUT2D eigenvalue weighted by Gasteiger charge is -2.11. The molecule has 0 radical (unpaired) electrons. The summed E-state index contributed by atoms with van der Waals surface area (Å²) in [7, 11) is 0. The second-order valence-electron chi connectivity index (χ2n) is 6.51. The van der Waals surface area contributed by atoms with Crippen LogP contribution in [0.3, 0.4) is 0 Å². The second kappa shape index (κ2) is 8.44. The van der Waals surface area contributed by atoms with Crippen molar-refractivity contribution in [2.45, 2.75) is 19.4 Å². The van der Waals surface area contributed by atoms with Gasteiger partial charge in [-0.1, -0.05) is 16.1 Å². The molecule has 1 N–H and O–H groups in total. The Labute approximate surface area is 180 Å². The van der Waals surface area contributed by atoms with Crippen molar-refractivity contribution in [1.29, 1.82) is 0 Å². The van der Waals surface area contributed by atoms with E-state index in [1.54, 1.807) is 19.2 Å². The van der Waals surface area contributed by atoms with Gasteiger partial charge in [-0.2, -0.15) is 0 Å². The van der Waals surface area contributed by atoms with Crippen LogP contribution in [0.4, 0.5) is 0 Å². The molecule has 1 aromatic carbocycles. The van der Waals surface area contributed by atoms with Gasteiger partial charge in [-0.05, 0) is 54.4 Å². The van der Waals surface area contributed by atoms with E-state index in [0.29, 0.717) is 23.7 Å². The molecule has 6 nitrogen and oxygen atoms in total. The molecule has 9 heteroatoms. The van der Waals surface area contributed by atoms with E-state index in [1.165, 1.54) is 28.9 Å². The Kier molecular flexibility index (Phi) is 5.75. The number of nitrogens with zero attached hydrogens (tertiary/aromatic N) is 2. The minimum atomic E-state index is -0.208. The average Bonchev–Trinajstić information content (AvgIpc) is 3.44. The summed E-state index contributed by atoms with van der Waals surface area (Å²) in [6.45, 7) is 1.93. The van der Waals surface area contributed by atoms with Gasteiger partial charge in [-0.3, -0.25) is 9.59 Å². The van der Waals surface area contributed by atoms with Crippen molar-refractivity contribution in [1.82, 2.24) is 14.9 Å². The summed E-state index contributed by atoms with van der Waals surface area (Å²) in [5.41, 5.74) is 1.96. The van der Waals surface area contributed by atoms with E-state index in [0.717, 1.165) is 25.8 Å². The highest BCUT2D eigenvalue weighted by molar-refractivity contribution is 7.17. The molecule has 2 aromatic heterocycles. The molecule has 148 valence electrons. The van der Waals surface area contributed by atoms with Gasteiger partial charge in [0.2, 0.25) is 5.91 Å². The van der Waals surface area contributed by atoms with Crippen LogP contribution in [0.1, 0.15) is 27.0 Å². The zero-order valence-electron chi connectivity index (χ0n) is 15.3. The fourth-order valence-corrected chi connectivity index (χ4v) is 4.59. The second-order valence-corrected chi connectivity index (χ2v) is 8.82. The van der Waals surface area contributed by atoms with Gasteiger partial charge >= 0.3 is 0 Å². The van der Waals surface area contributed by atoms with E-state index in [-0.39, 0.29) is 17.8 Å². The molecule has 3 aromatic rings. The lowest BCUT2D eigenvalue weighted by atomic mass is 10.1. The molecule has 1 amide bonds. The molecule has 1 atom stereocenters. The number of rotatable bonds is 6. The smallest absolute Gasteiger partial charge is 0.244 e. The SMILES string of the molecule is CC(=O)c1ccc(-c2cc(Cl)c3c(c2)CC(CNC(=O)/C=C/c2cnns2)O3)s1. The van der Waals surface area contributed by atoms with E-state index in [9.17, 15) is 9.59 Å². The predicted octanol–water partition coefficient (Wildman–Crippen LogP) is 4.26. The first kappa shape index (κ1) is 19.8. The standard InChI is InChI=1S/C20H16ClN3O3S2/c1-11(25)17-3-4-18(28-17)12-6-13-7-14(27-20(13)16(21)8-12)9-22-19(26)5-2-15-10-23-24-29-15/h2-6,8,10,14H,7,9H2,1H3,(H,22,26)/b5-2+. The molecular weight excluding hydrogens is 430 g/mol. The maximum atomic E-state index is 12.0. The van der Waals surface area contributed by atoms with Gasteiger partial charge in [0, 0.05) is 22.9 Å². The molecule has 29 heavy (non-hydrogen) atoms. The van der Waals surface area contributed by atoms with Gasteiger partial charge in [0.25, 0.3) is 0 Å². The minimum Gasteiger partial charge on any atom is -0.486 e. The fraction of sp³-hybridized carbons (Fsp3) is 0.200. The van der Waals surface area contributed by atoms with Crippen molar-refractivity contribution in [3.8, 4) is 16.2 Å². The van der Waals surface area contributed by atoms with Crippen molar-refractivity contribution in [2.24, 2.45) is 0 Å². The van der Waals surface area contributed by atoms with Crippen LogP contribution in [0.2, 0.25) is 5.02 Å². The van der Waals surface area contributed by atoms with Gasteiger partial charge in [-0.15, -0.1) is 16.4 Å². The molecule has 0 saturated heterocycles. The zero-order chi connectivity index (χ0) is 20.4. The summed E-state index contributed by atoms with van der Waals surface area (Å²) < 4.78 is 9.67. The Morgan fingerprint density at radius 3 is 2.97 bits per heavy atom. The maximum absolute atomic E-state index is 12.0. The lowest BCUT2D eigenvalue weighted by molar-refractivity contribution is -0.116. The Morgan fingerprint density at radius 1 is 1.38 bits per heavy atom. The summed E-state index contributed by atoms with van der Waals surface area (Å²) >= 11 is 9.10. The minimum absolute atomic E-state index is 0.0494. The zero-order valence-corrected chi connectivity index (χ0v) is 17.7. The van der Waals surface area contributed by atoms with Gasteiger partial charge in [-0.25, -0.2) is 0 Å². The molecular formula is C20H16ClN3O3S2. The van der Waals surface area contributed by atoms with Crippen molar-refractivity contribution in [3.05, 3.63) is 56.9 Å². The van der Waals surface area contributed by atoms with Crippen molar-refractivity contribution < 1.29 is 14.3 Å². The molecule has 3 heterocycles. The van der Waals surface area contributed by atoms with Crippen molar-refractivity contribution in [2.75, 3.05) is 6.54 Å². The molecule has 4 rings (SSSR count). The number of hydrogen-bond donors (Lipinski definition) is 1. The summed E-state index contributed by atoms with van der Waals surface area (Å²) in [6.07, 6.45) is 5.18. The Balaban J connectivity index is 1.40. The lowest BCUT2D eigenvalue weighted by Crippen LogP contribution is -2.33. The summed E-state index contributed by atoms with van der Waals surface area (Å²) in [5.74, 6) is 0.498. The quantitative estimate of drug-likeness (QED) is 0.453. The first-order valence-corrected chi connectivity index (χ1v) is 10.8. The number of benzene rings is 1. The van der Waals surface area contributed by atoms with E-state index in [2.05, 4.69) is 14.9 Å². The molecule has 0 fully saturated rings. The Morgan fingerprint density at radius 2 is 2.24 bits per heavy atom. The van der Waals surface area contributed by atoms with Crippen LogP contribution in [0.25, 0.3) is 16.5 Å². The van der Waals surface area contributed by atoms with Crippen LogP contribution < -0.4 is 10.1 Å². The van der Waals surface area contributed by atoms with Crippen LogP contribution in [0, 0.1) is 0 Å². The number of aromatic nitrogens is 2. The number of hydrogen-bond acceptors (Lipinski definition) is 7. The largest absolute Gasteiger partial charge is 0.486 e. The highest BCUT2D eigenvalue weighted by Crippen LogP contribution is 2.41. The molecule has 0 spiro atoms. The van der Waals surface area contributed by atoms with Crippen molar-refractivity contribution >= 4 is 52.2 Å². The number of ketones is 1. The molecule has 1 unspecified atom stereocenters. The predicted molar refractivity (Wildman–Crippen MR) is 115 cm³/mol. The highest BCUT2D eigenvalue weighted by atomic mass is 35.5. The number of halogens is 1. The Bertz CT molecular complexity index is 1090. The molecule has 1 aliphatic heterocycles. The normalized spacial score (nSPS) is 15.3. The van der Waals surface area contributed by atoms with Gasteiger partial charge in [0.1, 0.15) is 11.9 Å². The number of nitrogens with one attached hydrogen (secondary N) is 1. The van der Waals surface area contributed by atoms with Gasteiger partial charge in [0.15, 0.2) is 5.78 Å².